The van der Waals surface area contributed by atoms with Gasteiger partial charge < -0.3 is 24.4 Å². The Morgan fingerprint density at radius 1 is 1.07 bits per heavy atom. The SMILES string of the molecule is CN(C)C(=O)[C@@H](OC(=O)CNC(=O)c1ccc2c(c1)OCO2)c1ccccc1. The number of likely N-dealkylation sites (N-methyl/N-ethyl adjacent to an activating group) is 1. The van der Waals surface area contributed by atoms with Crippen LogP contribution in [0.3, 0.4) is 0 Å². The van der Waals surface area contributed by atoms with Gasteiger partial charge in [-0.3, -0.25) is 14.4 Å². The second-order valence-electron chi connectivity index (χ2n) is 6.26. The van der Waals surface area contributed by atoms with Gasteiger partial charge in [0.05, 0.1) is 0 Å². The maximum Gasteiger partial charge on any atom is 0.326 e. The topological polar surface area (TPSA) is 94.2 Å². The molecule has 0 saturated heterocycles. The third-order valence-corrected chi connectivity index (χ3v) is 4.04. The van der Waals surface area contributed by atoms with E-state index in [1.807, 2.05) is 0 Å². The van der Waals surface area contributed by atoms with Crippen LogP contribution in [0.2, 0.25) is 0 Å². The molecule has 28 heavy (non-hydrogen) atoms. The summed E-state index contributed by atoms with van der Waals surface area (Å²) in [5, 5.41) is 2.48. The number of nitrogens with one attached hydrogen (secondary N) is 1. The number of hydrogen-bond donors (Lipinski definition) is 1. The van der Waals surface area contributed by atoms with E-state index in [2.05, 4.69) is 5.32 Å². The summed E-state index contributed by atoms with van der Waals surface area (Å²) < 4.78 is 15.8. The summed E-state index contributed by atoms with van der Waals surface area (Å²) in [5.41, 5.74) is 0.873. The van der Waals surface area contributed by atoms with Crippen LogP contribution in [0, 0.1) is 0 Å². The van der Waals surface area contributed by atoms with Crippen molar-refractivity contribution in [2.45, 2.75) is 6.10 Å². The molecule has 0 saturated carbocycles. The minimum atomic E-state index is -1.08. The van der Waals surface area contributed by atoms with Gasteiger partial charge in [0.15, 0.2) is 11.5 Å². The number of hydrogen-bond acceptors (Lipinski definition) is 6. The van der Waals surface area contributed by atoms with Crippen LogP contribution >= 0.6 is 0 Å². The standard InChI is InChI=1S/C20H20N2O6/c1-22(2)20(25)18(13-6-4-3-5-7-13)28-17(23)11-21-19(24)14-8-9-15-16(10-14)27-12-26-15/h3-10,18H,11-12H2,1-2H3,(H,21,24)/t18-/m0/s1. The maximum absolute atomic E-state index is 12.4. The Kier molecular flexibility index (Phi) is 5.78. The summed E-state index contributed by atoms with van der Waals surface area (Å²) in [7, 11) is 3.15. The monoisotopic (exact) mass is 384 g/mol. The fourth-order valence-electron chi connectivity index (χ4n) is 2.59. The van der Waals surface area contributed by atoms with Crippen molar-refractivity contribution in [2.24, 2.45) is 0 Å². The van der Waals surface area contributed by atoms with Crippen LogP contribution in [0.25, 0.3) is 0 Å². The Morgan fingerprint density at radius 3 is 2.50 bits per heavy atom. The average Bonchev–Trinajstić information content (AvgIpc) is 3.18. The van der Waals surface area contributed by atoms with Gasteiger partial charge in [0.25, 0.3) is 11.8 Å². The van der Waals surface area contributed by atoms with Crippen molar-refractivity contribution in [3.05, 3.63) is 59.7 Å². The lowest BCUT2D eigenvalue weighted by atomic mass is 10.1. The molecular formula is C20H20N2O6. The van der Waals surface area contributed by atoms with Gasteiger partial charge in [-0.1, -0.05) is 30.3 Å². The molecule has 1 aliphatic heterocycles. The molecule has 0 aromatic heterocycles. The van der Waals surface area contributed by atoms with E-state index in [1.54, 1.807) is 56.6 Å². The summed E-state index contributed by atoms with van der Waals surface area (Å²) >= 11 is 0. The predicted octanol–water partition coefficient (Wildman–Crippen LogP) is 1.52. The quantitative estimate of drug-likeness (QED) is 0.759. The smallest absolute Gasteiger partial charge is 0.326 e. The molecule has 0 spiro atoms. The molecule has 0 unspecified atom stereocenters. The normalized spacial score (nSPS) is 12.8. The lowest BCUT2D eigenvalue weighted by Gasteiger charge is -2.21. The molecule has 0 aliphatic carbocycles. The highest BCUT2D eigenvalue weighted by molar-refractivity contribution is 5.96. The molecular weight excluding hydrogens is 364 g/mol. The van der Waals surface area contributed by atoms with Gasteiger partial charge in [-0.2, -0.15) is 0 Å². The van der Waals surface area contributed by atoms with E-state index in [0.717, 1.165) is 0 Å². The van der Waals surface area contributed by atoms with Crippen molar-refractivity contribution in [1.82, 2.24) is 10.2 Å². The number of rotatable bonds is 6. The Bertz CT molecular complexity index is 882. The Balaban J connectivity index is 1.61. The predicted molar refractivity (Wildman–Crippen MR) is 98.9 cm³/mol. The number of benzene rings is 2. The maximum atomic E-state index is 12.4. The van der Waals surface area contributed by atoms with Crippen molar-refractivity contribution < 1.29 is 28.6 Å². The first-order valence-corrected chi connectivity index (χ1v) is 8.59. The molecule has 1 heterocycles. The number of nitrogens with zero attached hydrogens (tertiary/aromatic N) is 1. The highest BCUT2D eigenvalue weighted by atomic mass is 16.7. The van der Waals surface area contributed by atoms with Crippen LogP contribution < -0.4 is 14.8 Å². The molecule has 8 heteroatoms. The zero-order valence-corrected chi connectivity index (χ0v) is 15.5. The van der Waals surface area contributed by atoms with Crippen LogP contribution in [0.15, 0.2) is 48.5 Å². The van der Waals surface area contributed by atoms with Crippen LogP contribution in [0.4, 0.5) is 0 Å². The van der Waals surface area contributed by atoms with E-state index in [1.165, 1.54) is 11.0 Å². The van der Waals surface area contributed by atoms with Crippen LogP contribution in [0.1, 0.15) is 22.0 Å². The average molecular weight is 384 g/mol. The lowest BCUT2D eigenvalue weighted by molar-refractivity contribution is -0.158. The molecule has 1 atom stereocenters. The molecule has 2 amide bonds. The van der Waals surface area contributed by atoms with Crippen molar-refractivity contribution in [3.63, 3.8) is 0 Å². The molecule has 2 aromatic carbocycles. The fraction of sp³-hybridized carbons (Fsp3) is 0.250. The number of carbonyl (C=O) groups is 3. The molecule has 1 N–H and O–H groups in total. The largest absolute Gasteiger partial charge is 0.454 e. The minimum Gasteiger partial charge on any atom is -0.454 e. The highest BCUT2D eigenvalue weighted by Crippen LogP contribution is 2.32. The van der Waals surface area contributed by atoms with E-state index in [0.29, 0.717) is 22.6 Å². The molecule has 0 fully saturated rings. The van der Waals surface area contributed by atoms with Crippen molar-refractivity contribution in [2.75, 3.05) is 27.4 Å². The van der Waals surface area contributed by atoms with E-state index in [9.17, 15) is 14.4 Å². The molecule has 0 radical (unpaired) electrons. The first-order chi connectivity index (χ1) is 13.5. The Hall–Kier alpha value is -3.55. The number of amides is 2. The first-order valence-electron chi connectivity index (χ1n) is 8.59. The summed E-state index contributed by atoms with van der Waals surface area (Å²) in [4.78, 5) is 38.2. The Labute approximate surface area is 162 Å². The van der Waals surface area contributed by atoms with E-state index < -0.39 is 18.0 Å². The second-order valence-corrected chi connectivity index (χ2v) is 6.26. The van der Waals surface area contributed by atoms with Gasteiger partial charge in [0.1, 0.15) is 6.54 Å². The van der Waals surface area contributed by atoms with Gasteiger partial charge >= 0.3 is 5.97 Å². The third kappa shape index (κ3) is 4.40. The van der Waals surface area contributed by atoms with E-state index in [-0.39, 0.29) is 19.2 Å². The molecule has 0 bridgehead atoms. The van der Waals surface area contributed by atoms with Gasteiger partial charge in [-0.15, -0.1) is 0 Å². The third-order valence-electron chi connectivity index (χ3n) is 4.04. The van der Waals surface area contributed by atoms with Crippen LogP contribution in [0.5, 0.6) is 11.5 Å². The zero-order chi connectivity index (χ0) is 20.1. The molecule has 3 rings (SSSR count). The van der Waals surface area contributed by atoms with Crippen LogP contribution in [-0.2, 0) is 14.3 Å². The summed E-state index contributed by atoms with van der Waals surface area (Å²) in [6, 6.07) is 13.4. The number of carbonyl (C=O) groups excluding carboxylic acids is 3. The fourth-order valence-corrected chi connectivity index (χ4v) is 2.59. The van der Waals surface area contributed by atoms with Crippen LogP contribution in [-0.4, -0.2) is 50.1 Å². The van der Waals surface area contributed by atoms with Gasteiger partial charge in [0, 0.05) is 25.2 Å². The van der Waals surface area contributed by atoms with Crippen molar-refractivity contribution in [1.29, 1.82) is 0 Å². The highest BCUT2D eigenvalue weighted by Gasteiger charge is 2.26. The van der Waals surface area contributed by atoms with Gasteiger partial charge in [-0.25, -0.2) is 0 Å². The van der Waals surface area contributed by atoms with Gasteiger partial charge in [-0.05, 0) is 18.2 Å². The number of ether oxygens (including phenoxy) is 3. The summed E-state index contributed by atoms with van der Waals surface area (Å²) in [6.07, 6.45) is -1.08. The molecule has 1 aliphatic rings. The van der Waals surface area contributed by atoms with Crippen molar-refractivity contribution in [3.8, 4) is 11.5 Å². The molecule has 8 nitrogen and oxygen atoms in total. The van der Waals surface area contributed by atoms with E-state index >= 15 is 0 Å². The number of esters is 1. The number of fused-ring (bicyclic) bond motifs is 1. The Morgan fingerprint density at radius 2 is 1.79 bits per heavy atom. The van der Waals surface area contributed by atoms with Crippen molar-refractivity contribution >= 4 is 17.8 Å². The summed E-state index contributed by atoms with van der Waals surface area (Å²) in [6.45, 7) is -0.273. The lowest BCUT2D eigenvalue weighted by Crippen LogP contribution is -2.35. The second kappa shape index (κ2) is 8.43. The summed E-state index contributed by atoms with van der Waals surface area (Å²) in [5.74, 6) is -0.537. The van der Waals surface area contributed by atoms with E-state index in [4.69, 9.17) is 14.2 Å². The molecule has 146 valence electrons. The molecule has 2 aromatic rings. The zero-order valence-electron chi connectivity index (χ0n) is 15.5. The minimum absolute atomic E-state index is 0.105. The first kappa shape index (κ1) is 19.2. The van der Waals surface area contributed by atoms with Gasteiger partial charge in [0.2, 0.25) is 12.9 Å².